The summed E-state index contributed by atoms with van der Waals surface area (Å²) < 4.78 is 10.6. The van der Waals surface area contributed by atoms with Crippen LogP contribution in [0.5, 0.6) is 5.75 Å². The lowest BCUT2D eigenvalue weighted by atomic mass is 10.2. The van der Waals surface area contributed by atoms with Gasteiger partial charge in [0, 0.05) is 24.1 Å². The summed E-state index contributed by atoms with van der Waals surface area (Å²) in [6.07, 6.45) is 1.07. The highest BCUT2D eigenvalue weighted by Gasteiger charge is 2.10. The summed E-state index contributed by atoms with van der Waals surface area (Å²) in [4.78, 5) is 4.10. The molecule has 1 N–H and O–H groups in total. The SMILES string of the molecule is CCCNCc1c(Cl)cccc1OCc1noc(C)n1. The normalized spacial score (nSPS) is 10.8. The van der Waals surface area contributed by atoms with Gasteiger partial charge in [-0.3, -0.25) is 0 Å². The number of hydrogen-bond acceptors (Lipinski definition) is 5. The van der Waals surface area contributed by atoms with E-state index in [-0.39, 0.29) is 6.61 Å². The van der Waals surface area contributed by atoms with E-state index in [1.165, 1.54) is 0 Å². The Hall–Kier alpha value is -1.59. The fourth-order valence-electron chi connectivity index (χ4n) is 1.78. The van der Waals surface area contributed by atoms with Crippen LogP contribution in [0.3, 0.4) is 0 Å². The first-order chi connectivity index (χ1) is 9.70. The summed E-state index contributed by atoms with van der Waals surface area (Å²) in [5.41, 5.74) is 0.947. The van der Waals surface area contributed by atoms with Gasteiger partial charge in [0.2, 0.25) is 11.7 Å². The van der Waals surface area contributed by atoms with Crippen LogP contribution in [0.4, 0.5) is 0 Å². The second-order valence-electron chi connectivity index (χ2n) is 4.41. The predicted octanol–water partition coefficient (Wildman–Crippen LogP) is 3.11. The number of rotatable bonds is 7. The Bertz CT molecular complexity index is 557. The third-order valence-electron chi connectivity index (χ3n) is 2.73. The molecular weight excluding hydrogens is 278 g/mol. The zero-order chi connectivity index (χ0) is 14.4. The number of halogens is 1. The summed E-state index contributed by atoms with van der Waals surface area (Å²) in [7, 11) is 0. The molecule has 108 valence electrons. The molecule has 0 bridgehead atoms. The molecule has 0 aliphatic carbocycles. The van der Waals surface area contributed by atoms with Gasteiger partial charge < -0.3 is 14.6 Å². The van der Waals surface area contributed by atoms with Crippen LogP contribution in [0.15, 0.2) is 22.7 Å². The van der Waals surface area contributed by atoms with Crippen LogP contribution < -0.4 is 10.1 Å². The first-order valence-corrected chi connectivity index (χ1v) is 6.98. The summed E-state index contributed by atoms with van der Waals surface area (Å²) in [5, 5.41) is 7.81. The lowest BCUT2D eigenvalue weighted by molar-refractivity contribution is 0.282. The summed E-state index contributed by atoms with van der Waals surface area (Å²) in [6.45, 7) is 5.74. The van der Waals surface area contributed by atoms with Gasteiger partial charge in [-0.05, 0) is 25.1 Å². The molecular formula is C14H18ClN3O2. The van der Waals surface area contributed by atoms with E-state index >= 15 is 0 Å². The molecule has 1 aromatic carbocycles. The van der Waals surface area contributed by atoms with E-state index < -0.39 is 0 Å². The van der Waals surface area contributed by atoms with Gasteiger partial charge in [-0.1, -0.05) is 29.7 Å². The Morgan fingerprint density at radius 2 is 2.25 bits per heavy atom. The number of nitrogens with zero attached hydrogens (tertiary/aromatic N) is 2. The van der Waals surface area contributed by atoms with Gasteiger partial charge in [0.05, 0.1) is 0 Å². The molecule has 0 saturated heterocycles. The molecule has 0 unspecified atom stereocenters. The fraction of sp³-hybridized carbons (Fsp3) is 0.429. The van der Waals surface area contributed by atoms with Crippen LogP contribution in [0.2, 0.25) is 5.02 Å². The Morgan fingerprint density at radius 1 is 1.40 bits per heavy atom. The number of benzene rings is 1. The molecule has 5 nitrogen and oxygen atoms in total. The number of nitrogens with one attached hydrogen (secondary N) is 1. The van der Waals surface area contributed by atoms with Crippen LogP contribution in [-0.4, -0.2) is 16.7 Å². The third kappa shape index (κ3) is 3.95. The minimum Gasteiger partial charge on any atom is -0.485 e. The number of aromatic nitrogens is 2. The number of ether oxygens (including phenoxy) is 1. The summed E-state index contributed by atoms with van der Waals surface area (Å²) in [5.74, 6) is 1.79. The van der Waals surface area contributed by atoms with Crippen molar-refractivity contribution in [3.8, 4) is 5.75 Å². The molecule has 6 heteroatoms. The predicted molar refractivity (Wildman–Crippen MR) is 76.8 cm³/mol. The molecule has 2 aromatic rings. The monoisotopic (exact) mass is 295 g/mol. The van der Waals surface area contributed by atoms with E-state index in [4.69, 9.17) is 20.9 Å². The molecule has 20 heavy (non-hydrogen) atoms. The smallest absolute Gasteiger partial charge is 0.223 e. The van der Waals surface area contributed by atoms with Crippen molar-refractivity contribution in [3.63, 3.8) is 0 Å². The van der Waals surface area contributed by atoms with E-state index in [1.807, 2.05) is 18.2 Å². The lowest BCUT2D eigenvalue weighted by Crippen LogP contribution is -2.15. The number of aryl methyl sites for hydroxylation is 1. The maximum Gasteiger partial charge on any atom is 0.223 e. The van der Waals surface area contributed by atoms with Crippen molar-refractivity contribution in [2.24, 2.45) is 0 Å². The minimum absolute atomic E-state index is 0.262. The topological polar surface area (TPSA) is 60.2 Å². The average molecular weight is 296 g/mol. The fourth-order valence-corrected chi connectivity index (χ4v) is 2.01. The largest absolute Gasteiger partial charge is 0.485 e. The third-order valence-corrected chi connectivity index (χ3v) is 3.08. The van der Waals surface area contributed by atoms with Gasteiger partial charge in [0.25, 0.3) is 0 Å². The Kier molecular flexibility index (Phi) is 5.38. The lowest BCUT2D eigenvalue weighted by Gasteiger charge is -2.12. The van der Waals surface area contributed by atoms with Crippen molar-refractivity contribution in [1.82, 2.24) is 15.5 Å². The first-order valence-electron chi connectivity index (χ1n) is 6.60. The van der Waals surface area contributed by atoms with Gasteiger partial charge in [-0.2, -0.15) is 4.98 Å². The molecule has 0 aliphatic heterocycles. The van der Waals surface area contributed by atoms with Crippen LogP contribution in [0.25, 0.3) is 0 Å². The average Bonchev–Trinajstić information content (AvgIpc) is 2.85. The maximum absolute atomic E-state index is 6.22. The standard InChI is InChI=1S/C14H18ClN3O2/c1-3-7-16-8-11-12(15)5-4-6-13(11)19-9-14-17-10(2)20-18-14/h4-6,16H,3,7-9H2,1-2H3. The minimum atomic E-state index is 0.262. The zero-order valence-corrected chi connectivity index (χ0v) is 12.4. The molecule has 1 heterocycles. The molecule has 0 saturated carbocycles. The van der Waals surface area contributed by atoms with Crippen molar-refractivity contribution in [2.75, 3.05) is 6.54 Å². The van der Waals surface area contributed by atoms with E-state index in [9.17, 15) is 0 Å². The molecule has 1 aromatic heterocycles. The highest BCUT2D eigenvalue weighted by molar-refractivity contribution is 6.31. The maximum atomic E-state index is 6.22. The van der Waals surface area contributed by atoms with Gasteiger partial charge >= 0.3 is 0 Å². The summed E-state index contributed by atoms with van der Waals surface area (Å²) >= 11 is 6.22. The van der Waals surface area contributed by atoms with Crippen molar-refractivity contribution >= 4 is 11.6 Å². The molecule has 0 amide bonds. The second-order valence-corrected chi connectivity index (χ2v) is 4.82. The molecule has 2 rings (SSSR count). The molecule has 0 radical (unpaired) electrons. The van der Waals surface area contributed by atoms with Crippen LogP contribution in [0, 0.1) is 6.92 Å². The van der Waals surface area contributed by atoms with Gasteiger partial charge in [0.15, 0.2) is 6.61 Å². The van der Waals surface area contributed by atoms with Crippen molar-refractivity contribution in [3.05, 3.63) is 40.5 Å². The van der Waals surface area contributed by atoms with Crippen LogP contribution in [-0.2, 0) is 13.2 Å². The highest BCUT2D eigenvalue weighted by atomic mass is 35.5. The summed E-state index contributed by atoms with van der Waals surface area (Å²) in [6, 6.07) is 5.61. The van der Waals surface area contributed by atoms with Crippen molar-refractivity contribution in [2.45, 2.75) is 33.4 Å². The molecule has 0 spiro atoms. The first kappa shape index (κ1) is 14.8. The Labute approximate surface area is 123 Å². The van der Waals surface area contributed by atoms with E-state index in [0.717, 1.165) is 24.3 Å². The second kappa shape index (κ2) is 7.26. The van der Waals surface area contributed by atoms with Gasteiger partial charge in [-0.25, -0.2) is 0 Å². The van der Waals surface area contributed by atoms with Gasteiger partial charge in [0.1, 0.15) is 5.75 Å². The van der Waals surface area contributed by atoms with Crippen LogP contribution in [0.1, 0.15) is 30.6 Å². The van der Waals surface area contributed by atoms with E-state index in [2.05, 4.69) is 22.4 Å². The zero-order valence-electron chi connectivity index (χ0n) is 11.6. The van der Waals surface area contributed by atoms with Crippen molar-refractivity contribution in [1.29, 1.82) is 0 Å². The molecule has 0 fully saturated rings. The molecule has 0 aliphatic rings. The quantitative estimate of drug-likeness (QED) is 0.795. The van der Waals surface area contributed by atoms with Gasteiger partial charge in [-0.15, -0.1) is 0 Å². The van der Waals surface area contributed by atoms with E-state index in [1.54, 1.807) is 6.92 Å². The van der Waals surface area contributed by atoms with Crippen LogP contribution >= 0.6 is 11.6 Å². The highest BCUT2D eigenvalue weighted by Crippen LogP contribution is 2.26. The molecule has 0 atom stereocenters. The Balaban J connectivity index is 2.04. The Morgan fingerprint density at radius 3 is 2.95 bits per heavy atom. The van der Waals surface area contributed by atoms with E-state index in [0.29, 0.717) is 23.3 Å². The van der Waals surface area contributed by atoms with Crippen molar-refractivity contribution < 1.29 is 9.26 Å². The number of hydrogen-bond donors (Lipinski definition) is 1.